The number of halogens is 2. The fraction of sp³-hybridized carbons (Fsp3) is 0.190. The Labute approximate surface area is 192 Å². The number of nitrogens with one attached hydrogen (secondary N) is 2. The molecular weight excluding hydrogens is 455 g/mol. The van der Waals surface area contributed by atoms with Crippen molar-refractivity contribution in [3.8, 4) is 11.4 Å². The number of carbonyl (C=O) groups excluding carboxylic acids is 1. The molecule has 0 aliphatic heterocycles. The molecule has 2 aromatic heterocycles. The van der Waals surface area contributed by atoms with Gasteiger partial charge in [0.1, 0.15) is 5.82 Å². The summed E-state index contributed by atoms with van der Waals surface area (Å²) in [6.45, 7) is 1.88. The van der Waals surface area contributed by atoms with Crippen LogP contribution < -0.4 is 5.32 Å². The van der Waals surface area contributed by atoms with E-state index in [1.165, 1.54) is 23.9 Å². The summed E-state index contributed by atoms with van der Waals surface area (Å²) in [5, 5.41) is 14.9. The quantitative estimate of drug-likeness (QED) is 0.354. The van der Waals surface area contributed by atoms with Gasteiger partial charge in [0, 0.05) is 29.1 Å². The van der Waals surface area contributed by atoms with E-state index < -0.39 is 0 Å². The summed E-state index contributed by atoms with van der Waals surface area (Å²) in [5.74, 6) is 1.34. The first-order valence-electron chi connectivity index (χ1n) is 9.65. The third-order valence-electron chi connectivity index (χ3n) is 4.45. The maximum atomic E-state index is 13.0. The predicted molar refractivity (Wildman–Crippen MR) is 119 cm³/mol. The molecule has 0 spiro atoms. The SMILES string of the molecule is Cc1cc(Cl)ccc1NC(=O)CCc1nc(CSc2n[nH]c(-c3ccc(F)cc3)n2)no1. The zero-order valence-electron chi connectivity index (χ0n) is 16.9. The number of hydrogen-bond donors (Lipinski definition) is 2. The van der Waals surface area contributed by atoms with Crippen LogP contribution in [0.2, 0.25) is 5.02 Å². The summed E-state index contributed by atoms with van der Waals surface area (Å²) in [7, 11) is 0. The Morgan fingerprint density at radius 3 is 2.81 bits per heavy atom. The highest BCUT2D eigenvalue weighted by atomic mass is 35.5. The Morgan fingerprint density at radius 2 is 2.03 bits per heavy atom. The third-order valence-corrected chi connectivity index (χ3v) is 5.53. The number of rotatable bonds is 8. The standard InChI is InChI=1S/C21H18ClFN6O2S/c1-12-10-14(22)4-7-16(12)24-18(30)8-9-19-25-17(29-31-19)11-32-21-26-20(27-28-21)13-2-5-15(23)6-3-13/h2-7,10H,8-9,11H2,1H3,(H,24,30)(H,26,27,28). The molecule has 0 aliphatic rings. The molecule has 0 atom stereocenters. The van der Waals surface area contributed by atoms with Crippen molar-refractivity contribution in [3.05, 3.63) is 70.6 Å². The van der Waals surface area contributed by atoms with E-state index in [4.69, 9.17) is 16.1 Å². The number of hydrogen-bond acceptors (Lipinski definition) is 7. The summed E-state index contributed by atoms with van der Waals surface area (Å²) in [6.07, 6.45) is 0.532. The lowest BCUT2D eigenvalue weighted by Gasteiger charge is -2.07. The Morgan fingerprint density at radius 1 is 1.22 bits per heavy atom. The van der Waals surface area contributed by atoms with Crippen molar-refractivity contribution in [1.82, 2.24) is 25.3 Å². The van der Waals surface area contributed by atoms with Gasteiger partial charge < -0.3 is 9.84 Å². The van der Waals surface area contributed by atoms with Gasteiger partial charge in [0.15, 0.2) is 11.6 Å². The summed E-state index contributed by atoms with van der Waals surface area (Å²) in [6, 6.07) is 11.3. The van der Waals surface area contributed by atoms with Crippen molar-refractivity contribution in [2.24, 2.45) is 0 Å². The van der Waals surface area contributed by atoms with Gasteiger partial charge in [0.25, 0.3) is 0 Å². The number of benzene rings is 2. The van der Waals surface area contributed by atoms with E-state index in [1.54, 1.807) is 30.3 Å². The number of aromatic amines is 1. The molecule has 32 heavy (non-hydrogen) atoms. The van der Waals surface area contributed by atoms with Crippen molar-refractivity contribution in [3.63, 3.8) is 0 Å². The third kappa shape index (κ3) is 5.71. The first-order chi connectivity index (χ1) is 15.5. The molecule has 0 bridgehead atoms. The Balaban J connectivity index is 1.26. The second-order valence-corrected chi connectivity index (χ2v) is 8.25. The van der Waals surface area contributed by atoms with Crippen LogP contribution in [0, 0.1) is 12.7 Å². The van der Waals surface area contributed by atoms with Crippen LogP contribution in [-0.4, -0.2) is 31.2 Å². The van der Waals surface area contributed by atoms with Gasteiger partial charge >= 0.3 is 0 Å². The van der Waals surface area contributed by atoms with Crippen LogP contribution in [0.3, 0.4) is 0 Å². The van der Waals surface area contributed by atoms with E-state index in [1.807, 2.05) is 6.92 Å². The van der Waals surface area contributed by atoms with E-state index in [0.717, 1.165) is 11.1 Å². The Hall–Kier alpha value is -3.24. The molecule has 4 rings (SSSR count). The molecule has 2 heterocycles. The Bertz CT molecular complexity index is 1230. The van der Waals surface area contributed by atoms with Crippen LogP contribution in [0.1, 0.15) is 23.7 Å². The molecule has 0 unspecified atom stereocenters. The number of aryl methyl sites for hydroxylation is 2. The summed E-state index contributed by atoms with van der Waals surface area (Å²) >= 11 is 7.26. The summed E-state index contributed by atoms with van der Waals surface area (Å²) < 4.78 is 18.3. The predicted octanol–water partition coefficient (Wildman–Crippen LogP) is 4.82. The molecule has 1 amide bonds. The minimum atomic E-state index is -0.312. The number of nitrogens with zero attached hydrogens (tertiary/aromatic N) is 4. The molecule has 0 radical (unpaired) electrons. The van der Waals surface area contributed by atoms with E-state index in [-0.39, 0.29) is 18.1 Å². The molecular formula is C21H18ClFN6O2S. The molecule has 164 valence electrons. The van der Waals surface area contributed by atoms with Crippen molar-refractivity contribution in [1.29, 1.82) is 0 Å². The van der Waals surface area contributed by atoms with E-state index in [2.05, 4.69) is 30.6 Å². The number of H-pyrrole nitrogens is 1. The highest BCUT2D eigenvalue weighted by Crippen LogP contribution is 2.22. The largest absolute Gasteiger partial charge is 0.339 e. The van der Waals surface area contributed by atoms with Crippen LogP contribution in [0.5, 0.6) is 0 Å². The molecule has 4 aromatic rings. The van der Waals surface area contributed by atoms with Crippen molar-refractivity contribution < 1.29 is 13.7 Å². The fourth-order valence-corrected chi connectivity index (χ4v) is 3.70. The number of amides is 1. The first kappa shape index (κ1) is 22.0. The van der Waals surface area contributed by atoms with Crippen LogP contribution >= 0.6 is 23.4 Å². The minimum Gasteiger partial charge on any atom is -0.339 e. The van der Waals surface area contributed by atoms with Crippen LogP contribution in [0.25, 0.3) is 11.4 Å². The van der Waals surface area contributed by atoms with Crippen molar-refractivity contribution in [2.45, 2.75) is 30.7 Å². The van der Waals surface area contributed by atoms with Gasteiger partial charge in [-0.15, -0.1) is 5.10 Å². The van der Waals surface area contributed by atoms with E-state index in [0.29, 0.717) is 45.6 Å². The minimum absolute atomic E-state index is 0.154. The number of carbonyl (C=O) groups is 1. The average molecular weight is 473 g/mol. The van der Waals surface area contributed by atoms with Crippen LogP contribution in [-0.2, 0) is 17.0 Å². The van der Waals surface area contributed by atoms with Gasteiger partial charge in [-0.1, -0.05) is 28.5 Å². The van der Waals surface area contributed by atoms with E-state index >= 15 is 0 Å². The Kier molecular flexibility index (Phi) is 6.81. The maximum Gasteiger partial charge on any atom is 0.227 e. The van der Waals surface area contributed by atoms with Gasteiger partial charge in [-0.05, 0) is 55.0 Å². The molecule has 11 heteroatoms. The highest BCUT2D eigenvalue weighted by Gasteiger charge is 2.12. The second kappa shape index (κ2) is 9.92. The maximum absolute atomic E-state index is 13.0. The zero-order chi connectivity index (χ0) is 22.5. The molecule has 0 saturated heterocycles. The molecule has 2 N–H and O–H groups in total. The lowest BCUT2D eigenvalue weighted by atomic mass is 10.2. The van der Waals surface area contributed by atoms with E-state index in [9.17, 15) is 9.18 Å². The molecule has 2 aromatic carbocycles. The fourth-order valence-electron chi connectivity index (χ4n) is 2.83. The second-order valence-electron chi connectivity index (χ2n) is 6.87. The molecule has 0 saturated carbocycles. The lowest BCUT2D eigenvalue weighted by Crippen LogP contribution is -2.13. The normalized spacial score (nSPS) is 11.0. The molecule has 8 nitrogen and oxygen atoms in total. The number of thioether (sulfide) groups is 1. The molecule has 0 fully saturated rings. The van der Waals surface area contributed by atoms with Crippen molar-refractivity contribution in [2.75, 3.05) is 5.32 Å². The summed E-state index contributed by atoms with van der Waals surface area (Å²) in [5.41, 5.74) is 2.34. The van der Waals surface area contributed by atoms with Gasteiger partial charge in [-0.3, -0.25) is 9.89 Å². The summed E-state index contributed by atoms with van der Waals surface area (Å²) in [4.78, 5) is 20.9. The number of anilines is 1. The average Bonchev–Trinajstić information content (AvgIpc) is 3.43. The van der Waals surface area contributed by atoms with Gasteiger partial charge in [0.05, 0.1) is 5.75 Å². The zero-order valence-corrected chi connectivity index (χ0v) is 18.5. The topological polar surface area (TPSA) is 110 Å². The van der Waals surface area contributed by atoms with Gasteiger partial charge in [-0.2, -0.15) is 4.98 Å². The highest BCUT2D eigenvalue weighted by molar-refractivity contribution is 7.98. The van der Waals surface area contributed by atoms with Crippen LogP contribution in [0.15, 0.2) is 52.1 Å². The van der Waals surface area contributed by atoms with Crippen molar-refractivity contribution >= 4 is 35.0 Å². The molecule has 0 aliphatic carbocycles. The van der Waals surface area contributed by atoms with Gasteiger partial charge in [0.2, 0.25) is 17.0 Å². The monoisotopic (exact) mass is 472 g/mol. The van der Waals surface area contributed by atoms with Crippen LogP contribution in [0.4, 0.5) is 10.1 Å². The lowest BCUT2D eigenvalue weighted by molar-refractivity contribution is -0.116. The first-order valence-corrected chi connectivity index (χ1v) is 11.0. The van der Waals surface area contributed by atoms with Gasteiger partial charge in [-0.25, -0.2) is 9.37 Å². The number of aromatic nitrogens is 5. The smallest absolute Gasteiger partial charge is 0.227 e.